The predicted octanol–water partition coefficient (Wildman–Crippen LogP) is 16.5. The van der Waals surface area contributed by atoms with Gasteiger partial charge in [0.1, 0.15) is 0 Å². The number of rotatable bonds is 5. The van der Waals surface area contributed by atoms with Crippen LogP contribution in [0.4, 0.5) is 17.1 Å². The molecule has 0 aliphatic heterocycles. The molecule has 5 unspecified atom stereocenters. The van der Waals surface area contributed by atoms with Crippen molar-refractivity contribution in [3.8, 4) is 39.1 Å². The van der Waals surface area contributed by atoms with Crippen LogP contribution in [0.2, 0.25) is 0 Å². The maximum Gasteiger partial charge on any atom is 0.0547 e. The van der Waals surface area contributed by atoms with Crippen molar-refractivity contribution in [3.05, 3.63) is 204 Å². The minimum atomic E-state index is 0.125. The summed E-state index contributed by atoms with van der Waals surface area (Å²) in [5.74, 6) is 3.27. The molecule has 5 saturated carbocycles. The summed E-state index contributed by atoms with van der Waals surface area (Å²) in [6.45, 7) is 0. The van der Waals surface area contributed by atoms with Crippen molar-refractivity contribution in [1.82, 2.24) is 4.57 Å². The van der Waals surface area contributed by atoms with E-state index in [-0.39, 0.29) is 10.8 Å². The molecule has 0 amide bonds. The van der Waals surface area contributed by atoms with Gasteiger partial charge in [0.05, 0.1) is 11.0 Å². The van der Waals surface area contributed by atoms with Crippen molar-refractivity contribution in [2.24, 2.45) is 23.7 Å². The van der Waals surface area contributed by atoms with Crippen LogP contribution in [0.5, 0.6) is 0 Å². The molecule has 7 aliphatic carbocycles. The van der Waals surface area contributed by atoms with E-state index in [1.807, 2.05) is 0 Å². The fourth-order valence-electron chi connectivity index (χ4n) is 15.6. The lowest BCUT2D eigenvalue weighted by atomic mass is 9.59. The second-order valence-corrected chi connectivity index (χ2v) is 20.7. The van der Waals surface area contributed by atoms with Gasteiger partial charge in [0.2, 0.25) is 0 Å². The van der Waals surface area contributed by atoms with E-state index >= 15 is 0 Å². The lowest BCUT2D eigenvalue weighted by molar-refractivity contribution is 0.191. The van der Waals surface area contributed by atoms with Gasteiger partial charge in [0.25, 0.3) is 0 Å². The topological polar surface area (TPSA) is 8.17 Å². The highest BCUT2D eigenvalue weighted by Crippen LogP contribution is 2.73. The van der Waals surface area contributed by atoms with Crippen LogP contribution >= 0.6 is 0 Å². The van der Waals surface area contributed by atoms with E-state index in [0.29, 0.717) is 0 Å². The van der Waals surface area contributed by atoms with Crippen LogP contribution in [0.3, 0.4) is 0 Å². The molecule has 8 aromatic carbocycles. The Labute approximate surface area is 382 Å². The van der Waals surface area contributed by atoms with Gasteiger partial charge in [-0.15, -0.1) is 0 Å². The molecule has 0 N–H and O–H groups in total. The van der Waals surface area contributed by atoms with Crippen molar-refractivity contribution < 1.29 is 0 Å². The van der Waals surface area contributed by atoms with Crippen LogP contribution in [0.25, 0.3) is 60.9 Å². The van der Waals surface area contributed by atoms with Crippen LogP contribution in [0.15, 0.2) is 182 Å². The summed E-state index contributed by atoms with van der Waals surface area (Å²) in [5.41, 5.74) is 22.2. The lowest BCUT2D eigenvalue weighted by Gasteiger charge is -2.44. The molecule has 0 radical (unpaired) electrons. The van der Waals surface area contributed by atoms with Gasteiger partial charge in [-0.25, -0.2) is 0 Å². The van der Waals surface area contributed by atoms with Gasteiger partial charge in [0.15, 0.2) is 0 Å². The number of fused-ring (bicyclic) bond motifs is 11. The van der Waals surface area contributed by atoms with Gasteiger partial charge in [-0.3, -0.25) is 0 Å². The van der Waals surface area contributed by atoms with Gasteiger partial charge in [-0.05, 0) is 178 Å². The van der Waals surface area contributed by atoms with Crippen molar-refractivity contribution >= 4 is 38.9 Å². The second-order valence-electron chi connectivity index (χ2n) is 20.7. The van der Waals surface area contributed by atoms with E-state index in [1.165, 1.54) is 136 Å². The van der Waals surface area contributed by atoms with E-state index in [2.05, 4.69) is 191 Å². The monoisotopic (exact) mass is 836 g/mol. The van der Waals surface area contributed by atoms with Gasteiger partial charge in [-0.2, -0.15) is 0 Å². The minimum absolute atomic E-state index is 0.125. The molecular weight excluding hydrogens is 785 g/mol. The van der Waals surface area contributed by atoms with Gasteiger partial charge < -0.3 is 9.47 Å². The number of anilines is 3. The molecule has 2 spiro atoms. The quantitative estimate of drug-likeness (QED) is 0.168. The minimum Gasteiger partial charge on any atom is -0.310 e. The maximum absolute atomic E-state index is 2.66. The van der Waals surface area contributed by atoms with Gasteiger partial charge in [-0.1, -0.05) is 141 Å². The number of benzene rings is 8. The Kier molecular flexibility index (Phi) is 7.59. The molecule has 4 bridgehead atoms. The molecule has 7 aliphatic rings. The summed E-state index contributed by atoms with van der Waals surface area (Å²) < 4.78 is 2.43. The summed E-state index contributed by atoms with van der Waals surface area (Å²) in [7, 11) is 0. The van der Waals surface area contributed by atoms with Crippen molar-refractivity contribution in [2.75, 3.05) is 4.90 Å². The molecule has 1 heterocycles. The van der Waals surface area contributed by atoms with Gasteiger partial charge in [0, 0.05) is 44.4 Å². The van der Waals surface area contributed by atoms with E-state index in [0.717, 1.165) is 23.7 Å². The molecule has 16 rings (SSSR count). The SMILES string of the molecule is c1ccc(-n2c3ccccc3c3ccc(-c4ccc(N(c5ccc6c(c5)-c5ccccc5C65CCCCC5)c5ccc6c(c5)C5(c7ccccc7-6)C6CC7CC(C6)C5C7)cc4)cc32)cc1. The average molecular weight is 837 g/mol. The van der Waals surface area contributed by atoms with Gasteiger partial charge >= 0.3 is 0 Å². The van der Waals surface area contributed by atoms with Crippen molar-refractivity contribution in [1.29, 1.82) is 0 Å². The third kappa shape index (κ3) is 4.90. The first-order chi connectivity index (χ1) is 32.2. The second kappa shape index (κ2) is 13.5. The highest BCUT2D eigenvalue weighted by molar-refractivity contribution is 6.10. The summed E-state index contributed by atoms with van der Waals surface area (Å²) in [6.07, 6.45) is 12.1. The number of hydrogen-bond donors (Lipinski definition) is 0. The third-order valence-corrected chi connectivity index (χ3v) is 18.0. The zero-order chi connectivity index (χ0) is 42.4. The largest absolute Gasteiger partial charge is 0.310 e. The molecule has 5 atom stereocenters. The van der Waals surface area contributed by atoms with Crippen molar-refractivity contribution in [3.63, 3.8) is 0 Å². The third-order valence-electron chi connectivity index (χ3n) is 18.0. The molecule has 314 valence electrons. The smallest absolute Gasteiger partial charge is 0.0547 e. The average Bonchev–Trinajstić information content (AvgIpc) is 4.09. The number of nitrogens with zero attached hydrogens (tertiary/aromatic N) is 2. The standard InChI is InChI=1S/C63H52N2/c1-3-13-45(14-4-1)65-60-20-10-7-17-52(60)53-28-23-42(37-61(53)65)41-21-24-46(25-22-41)64(47-27-30-56-54(38-47)50-16-5-8-18-55(50)62(56)31-11-2-12-32-62)48-26-29-51-49-15-6-9-19-57(49)63(59(51)39-48)44-34-40-33-43(36-44)58(63)35-40/h1,3-10,13-30,37-40,43-44,58H,2,11-12,31-36H2. The Hall–Kier alpha value is -6.64. The molecule has 9 aromatic rings. The summed E-state index contributed by atoms with van der Waals surface area (Å²) in [4.78, 5) is 2.59. The normalized spacial score (nSPS) is 23.6. The maximum atomic E-state index is 2.66. The van der Waals surface area contributed by atoms with Crippen LogP contribution in [0.1, 0.15) is 80.0 Å². The molecule has 65 heavy (non-hydrogen) atoms. The Morgan fingerprint density at radius 1 is 0.431 bits per heavy atom. The molecule has 2 heteroatoms. The number of aromatic nitrogens is 1. The van der Waals surface area contributed by atoms with Crippen LogP contribution in [-0.4, -0.2) is 4.57 Å². The Morgan fingerprint density at radius 2 is 1.09 bits per heavy atom. The van der Waals surface area contributed by atoms with E-state index < -0.39 is 0 Å². The fourth-order valence-corrected chi connectivity index (χ4v) is 15.6. The summed E-state index contributed by atoms with van der Waals surface area (Å²) in [6, 6.07) is 70.2. The lowest BCUT2D eigenvalue weighted by Crippen LogP contribution is -2.40. The van der Waals surface area contributed by atoms with Crippen LogP contribution in [0, 0.1) is 23.7 Å². The highest BCUT2D eigenvalue weighted by Gasteiger charge is 2.66. The summed E-state index contributed by atoms with van der Waals surface area (Å²) in [5, 5.41) is 2.57. The van der Waals surface area contributed by atoms with E-state index in [9.17, 15) is 0 Å². The first-order valence-corrected chi connectivity index (χ1v) is 24.7. The predicted molar refractivity (Wildman–Crippen MR) is 269 cm³/mol. The molecular formula is C63H52N2. The molecule has 0 saturated heterocycles. The van der Waals surface area contributed by atoms with Crippen molar-refractivity contribution in [2.45, 2.75) is 68.6 Å². The Morgan fingerprint density at radius 3 is 1.94 bits per heavy atom. The zero-order valence-electron chi connectivity index (χ0n) is 36.9. The van der Waals surface area contributed by atoms with E-state index in [4.69, 9.17) is 0 Å². The summed E-state index contributed by atoms with van der Waals surface area (Å²) >= 11 is 0. The van der Waals surface area contributed by atoms with Crippen LogP contribution < -0.4 is 4.90 Å². The Balaban J connectivity index is 0.899. The zero-order valence-corrected chi connectivity index (χ0v) is 36.9. The Bertz CT molecular complexity index is 3400. The molecule has 5 fully saturated rings. The number of hydrogen-bond acceptors (Lipinski definition) is 1. The van der Waals surface area contributed by atoms with Crippen LogP contribution in [-0.2, 0) is 10.8 Å². The fraction of sp³-hybridized carbons (Fsp3) is 0.238. The first-order valence-electron chi connectivity index (χ1n) is 24.7. The first kappa shape index (κ1) is 36.7. The number of para-hydroxylation sites is 2. The van der Waals surface area contributed by atoms with E-state index in [1.54, 1.807) is 22.3 Å². The molecule has 2 nitrogen and oxygen atoms in total. The highest BCUT2D eigenvalue weighted by atomic mass is 15.1. The molecule has 1 aromatic heterocycles.